The second-order valence-corrected chi connectivity index (χ2v) is 6.99. The maximum Gasteiger partial charge on any atom is 0.0826 e. The van der Waals surface area contributed by atoms with E-state index in [4.69, 9.17) is 16.3 Å². The molecule has 0 radical (unpaired) electrons. The van der Waals surface area contributed by atoms with Crippen LogP contribution in [0.5, 0.6) is 0 Å². The van der Waals surface area contributed by atoms with E-state index in [-0.39, 0.29) is 0 Å². The highest BCUT2D eigenvalue weighted by Crippen LogP contribution is 2.27. The van der Waals surface area contributed by atoms with Gasteiger partial charge in [0.25, 0.3) is 0 Å². The number of halogens is 1. The summed E-state index contributed by atoms with van der Waals surface area (Å²) in [6, 6.07) is 0.627. The van der Waals surface area contributed by atoms with Crippen LogP contribution in [-0.4, -0.2) is 55.2 Å². The number of nitrogens with zero attached hydrogens (tertiary/aromatic N) is 1. The minimum Gasteiger partial charge on any atom is -0.374 e. The van der Waals surface area contributed by atoms with Crippen molar-refractivity contribution in [2.75, 3.05) is 32.8 Å². The van der Waals surface area contributed by atoms with Crippen LogP contribution in [0.1, 0.15) is 39.5 Å². The van der Waals surface area contributed by atoms with Crippen molar-refractivity contribution >= 4 is 11.6 Å². The molecule has 3 unspecified atom stereocenters. The lowest BCUT2D eigenvalue weighted by atomic mass is 9.89. The molecule has 2 aliphatic rings. The van der Waals surface area contributed by atoms with E-state index in [1.807, 2.05) is 0 Å². The molecule has 4 heteroatoms. The molecule has 0 amide bonds. The van der Waals surface area contributed by atoms with E-state index in [9.17, 15) is 0 Å². The van der Waals surface area contributed by atoms with Crippen molar-refractivity contribution in [3.8, 4) is 0 Å². The fourth-order valence-electron chi connectivity index (χ4n) is 3.19. The van der Waals surface area contributed by atoms with Crippen molar-refractivity contribution in [3.05, 3.63) is 0 Å². The van der Waals surface area contributed by atoms with Gasteiger partial charge in [-0.15, -0.1) is 11.6 Å². The van der Waals surface area contributed by atoms with Crippen LogP contribution in [0, 0.1) is 5.92 Å². The lowest BCUT2D eigenvalue weighted by molar-refractivity contribution is -0.0374. The molecule has 1 heterocycles. The highest BCUT2D eigenvalue weighted by molar-refractivity contribution is 6.20. The van der Waals surface area contributed by atoms with Crippen LogP contribution in [-0.2, 0) is 4.74 Å². The van der Waals surface area contributed by atoms with Gasteiger partial charge in [0.05, 0.1) is 12.7 Å². The van der Waals surface area contributed by atoms with Gasteiger partial charge in [-0.25, -0.2) is 0 Å². The van der Waals surface area contributed by atoms with Crippen LogP contribution in [0.15, 0.2) is 0 Å². The fourth-order valence-corrected chi connectivity index (χ4v) is 3.60. The molecular weight excluding hydrogens is 260 g/mol. The second kappa shape index (κ2) is 7.82. The summed E-state index contributed by atoms with van der Waals surface area (Å²) in [5, 5.41) is 4.00. The Morgan fingerprint density at radius 3 is 2.89 bits per heavy atom. The highest BCUT2D eigenvalue weighted by atomic mass is 35.5. The lowest BCUT2D eigenvalue weighted by Crippen LogP contribution is -2.49. The zero-order valence-electron chi connectivity index (χ0n) is 12.4. The quantitative estimate of drug-likeness (QED) is 0.787. The predicted molar refractivity (Wildman–Crippen MR) is 80.9 cm³/mol. The molecular formula is C15H29ClN2O. The molecule has 1 aliphatic carbocycles. The van der Waals surface area contributed by atoms with Crippen LogP contribution in [0.2, 0.25) is 0 Å². The first kappa shape index (κ1) is 15.6. The maximum atomic E-state index is 6.23. The number of ether oxygens (including phenoxy) is 1. The summed E-state index contributed by atoms with van der Waals surface area (Å²) < 4.78 is 5.84. The third kappa shape index (κ3) is 5.22. The number of alkyl halides is 1. The smallest absolute Gasteiger partial charge is 0.0826 e. The van der Waals surface area contributed by atoms with Crippen LogP contribution < -0.4 is 5.32 Å². The van der Waals surface area contributed by atoms with Crippen molar-refractivity contribution in [2.45, 2.75) is 57.1 Å². The molecule has 1 saturated carbocycles. The predicted octanol–water partition coefficient (Wildman–Crippen LogP) is 2.48. The van der Waals surface area contributed by atoms with Gasteiger partial charge in [-0.1, -0.05) is 6.42 Å². The summed E-state index contributed by atoms with van der Waals surface area (Å²) in [7, 11) is 0. The molecule has 0 aromatic rings. The van der Waals surface area contributed by atoms with Crippen molar-refractivity contribution in [3.63, 3.8) is 0 Å². The number of rotatable bonds is 5. The van der Waals surface area contributed by atoms with Gasteiger partial charge in [0.15, 0.2) is 0 Å². The number of nitrogens with one attached hydrogen (secondary N) is 1. The SMILES string of the molecule is CC(C)N1CCOC(CNCC2CCCC(Cl)C2)C1. The first-order valence-corrected chi connectivity index (χ1v) is 8.29. The Labute approximate surface area is 123 Å². The first-order chi connectivity index (χ1) is 9.15. The van der Waals surface area contributed by atoms with Crippen LogP contribution >= 0.6 is 11.6 Å². The summed E-state index contributed by atoms with van der Waals surface area (Å²) in [5.41, 5.74) is 0. The molecule has 1 N–H and O–H groups in total. The summed E-state index contributed by atoms with van der Waals surface area (Å²) in [6.45, 7) is 9.62. The van der Waals surface area contributed by atoms with Crippen molar-refractivity contribution in [2.24, 2.45) is 5.92 Å². The Balaban J connectivity index is 1.62. The molecule has 3 nitrogen and oxygen atoms in total. The van der Waals surface area contributed by atoms with E-state index in [0.29, 0.717) is 17.5 Å². The van der Waals surface area contributed by atoms with Crippen LogP contribution in [0.4, 0.5) is 0 Å². The van der Waals surface area contributed by atoms with Gasteiger partial charge in [0.1, 0.15) is 0 Å². The molecule has 1 aliphatic heterocycles. The Kier molecular flexibility index (Phi) is 6.40. The van der Waals surface area contributed by atoms with Crippen LogP contribution in [0.25, 0.3) is 0 Å². The van der Waals surface area contributed by atoms with Crippen molar-refractivity contribution in [1.29, 1.82) is 0 Å². The minimum absolute atomic E-state index is 0.353. The van der Waals surface area contributed by atoms with Crippen molar-refractivity contribution in [1.82, 2.24) is 10.2 Å². The molecule has 0 spiro atoms. The molecule has 1 saturated heterocycles. The normalized spacial score (nSPS) is 33.8. The third-order valence-corrected chi connectivity index (χ3v) is 4.82. The Bertz CT molecular complexity index is 263. The van der Waals surface area contributed by atoms with E-state index in [1.165, 1.54) is 25.7 Å². The Morgan fingerprint density at radius 1 is 1.32 bits per heavy atom. The molecule has 112 valence electrons. The van der Waals surface area contributed by atoms with Gasteiger partial charge in [-0.05, 0) is 45.6 Å². The van der Waals surface area contributed by atoms with Gasteiger partial charge in [0.2, 0.25) is 0 Å². The number of morpholine rings is 1. The molecule has 2 rings (SSSR count). The Morgan fingerprint density at radius 2 is 2.16 bits per heavy atom. The maximum absolute atomic E-state index is 6.23. The minimum atomic E-state index is 0.353. The molecule has 0 bridgehead atoms. The standard InChI is InChI=1S/C15H29ClN2O/c1-12(2)18-6-7-19-15(11-18)10-17-9-13-4-3-5-14(16)8-13/h12-15,17H,3-11H2,1-2H3. The number of hydrogen-bond acceptors (Lipinski definition) is 3. The topological polar surface area (TPSA) is 24.5 Å². The number of hydrogen-bond donors (Lipinski definition) is 1. The molecule has 19 heavy (non-hydrogen) atoms. The van der Waals surface area contributed by atoms with Gasteiger partial charge in [-0.2, -0.15) is 0 Å². The van der Waals surface area contributed by atoms with Gasteiger partial charge in [0, 0.05) is 31.1 Å². The van der Waals surface area contributed by atoms with E-state index >= 15 is 0 Å². The zero-order chi connectivity index (χ0) is 13.7. The fraction of sp³-hybridized carbons (Fsp3) is 1.00. The van der Waals surface area contributed by atoms with Gasteiger partial charge >= 0.3 is 0 Å². The third-order valence-electron chi connectivity index (χ3n) is 4.42. The largest absolute Gasteiger partial charge is 0.374 e. The molecule has 3 atom stereocenters. The first-order valence-electron chi connectivity index (χ1n) is 7.85. The van der Waals surface area contributed by atoms with E-state index in [0.717, 1.165) is 38.7 Å². The summed E-state index contributed by atoms with van der Waals surface area (Å²) in [6.07, 6.45) is 5.36. The lowest BCUT2D eigenvalue weighted by Gasteiger charge is -2.36. The average molecular weight is 289 g/mol. The van der Waals surface area contributed by atoms with Gasteiger partial charge in [-0.3, -0.25) is 4.90 Å². The molecule has 0 aromatic heterocycles. The zero-order valence-corrected chi connectivity index (χ0v) is 13.2. The molecule has 2 fully saturated rings. The highest BCUT2D eigenvalue weighted by Gasteiger charge is 2.23. The van der Waals surface area contributed by atoms with E-state index < -0.39 is 0 Å². The van der Waals surface area contributed by atoms with Crippen molar-refractivity contribution < 1.29 is 4.74 Å². The summed E-state index contributed by atoms with van der Waals surface area (Å²) in [4.78, 5) is 2.51. The summed E-state index contributed by atoms with van der Waals surface area (Å²) in [5.74, 6) is 0.765. The summed E-state index contributed by atoms with van der Waals surface area (Å²) >= 11 is 6.23. The monoisotopic (exact) mass is 288 g/mol. The van der Waals surface area contributed by atoms with E-state index in [2.05, 4.69) is 24.1 Å². The van der Waals surface area contributed by atoms with Crippen LogP contribution in [0.3, 0.4) is 0 Å². The second-order valence-electron chi connectivity index (χ2n) is 6.37. The van der Waals surface area contributed by atoms with E-state index in [1.54, 1.807) is 0 Å². The Hall–Kier alpha value is 0.170. The van der Waals surface area contributed by atoms with Gasteiger partial charge < -0.3 is 10.1 Å². The average Bonchev–Trinajstić information content (AvgIpc) is 2.39. The molecule has 0 aromatic carbocycles.